The van der Waals surface area contributed by atoms with Crippen molar-refractivity contribution in [3.63, 3.8) is 0 Å². The molecular formula is C10H16N2O. The van der Waals surface area contributed by atoms with Gasteiger partial charge in [0.25, 0.3) is 0 Å². The fourth-order valence-corrected chi connectivity index (χ4v) is 2.37. The molecule has 3 unspecified atom stereocenters. The molecule has 0 N–H and O–H groups in total. The average Bonchev–Trinajstić information content (AvgIpc) is 2.78. The number of ether oxygens (including phenoxy) is 1. The molecule has 1 saturated carbocycles. The van der Waals surface area contributed by atoms with E-state index in [1.165, 1.54) is 12.8 Å². The number of hydrogen-bond donors (Lipinski definition) is 0. The van der Waals surface area contributed by atoms with Gasteiger partial charge in [-0.1, -0.05) is 0 Å². The molecule has 0 aromatic carbocycles. The van der Waals surface area contributed by atoms with E-state index in [0.717, 1.165) is 12.8 Å². The van der Waals surface area contributed by atoms with Gasteiger partial charge in [0.05, 0.1) is 6.07 Å². The molecule has 1 heterocycles. The van der Waals surface area contributed by atoms with E-state index in [1.54, 1.807) is 0 Å². The van der Waals surface area contributed by atoms with Crippen LogP contribution in [0.5, 0.6) is 0 Å². The molecule has 3 nitrogen and oxygen atoms in total. The van der Waals surface area contributed by atoms with Crippen LogP contribution in [0.3, 0.4) is 0 Å². The van der Waals surface area contributed by atoms with E-state index in [0.29, 0.717) is 6.04 Å². The second-order valence-corrected chi connectivity index (χ2v) is 4.41. The Kier molecular flexibility index (Phi) is 2.05. The molecule has 0 aromatic rings. The third-order valence-corrected chi connectivity index (χ3v) is 3.34. The second kappa shape index (κ2) is 2.97. The summed E-state index contributed by atoms with van der Waals surface area (Å²) >= 11 is 0. The predicted octanol–water partition coefficient (Wildman–Crippen LogP) is 1.15. The Morgan fingerprint density at radius 2 is 2.31 bits per heavy atom. The van der Waals surface area contributed by atoms with Gasteiger partial charge < -0.3 is 9.64 Å². The number of nitriles is 1. The van der Waals surface area contributed by atoms with Crippen LogP contribution in [-0.2, 0) is 4.74 Å². The van der Waals surface area contributed by atoms with Gasteiger partial charge >= 0.3 is 0 Å². The molecule has 13 heavy (non-hydrogen) atoms. The normalized spacial score (nSPS) is 43.5. The summed E-state index contributed by atoms with van der Waals surface area (Å²) in [4.78, 5) is 2.25. The monoisotopic (exact) mass is 180 g/mol. The fourth-order valence-electron chi connectivity index (χ4n) is 2.37. The fraction of sp³-hybridized carbons (Fsp3) is 0.900. The minimum Gasteiger partial charge on any atom is -0.350 e. The number of hydrogen-bond acceptors (Lipinski definition) is 3. The molecule has 1 aliphatic heterocycles. The highest BCUT2D eigenvalue weighted by Crippen LogP contribution is 2.48. The van der Waals surface area contributed by atoms with E-state index in [4.69, 9.17) is 10.00 Å². The van der Waals surface area contributed by atoms with Crippen molar-refractivity contribution in [1.29, 1.82) is 5.26 Å². The van der Waals surface area contributed by atoms with Gasteiger partial charge in [0.15, 0.2) is 6.10 Å². The lowest BCUT2D eigenvalue weighted by Gasteiger charge is -2.31. The summed E-state index contributed by atoms with van der Waals surface area (Å²) in [6.07, 6.45) is 4.45. The molecular weight excluding hydrogens is 164 g/mol. The van der Waals surface area contributed by atoms with Crippen LogP contribution in [0.25, 0.3) is 0 Å². The van der Waals surface area contributed by atoms with Gasteiger partial charge in [-0.2, -0.15) is 5.26 Å². The summed E-state index contributed by atoms with van der Waals surface area (Å²) in [5.41, 5.74) is -0.0536. The third kappa shape index (κ3) is 1.45. The summed E-state index contributed by atoms with van der Waals surface area (Å²) in [7, 11) is 4.21. The SMILES string of the molecule is CN(C)C1CCCC2(C1)OC2C#N. The lowest BCUT2D eigenvalue weighted by atomic mass is 9.83. The lowest BCUT2D eigenvalue weighted by Crippen LogP contribution is -2.37. The van der Waals surface area contributed by atoms with Crippen molar-refractivity contribution in [1.82, 2.24) is 4.90 Å². The second-order valence-electron chi connectivity index (χ2n) is 4.41. The topological polar surface area (TPSA) is 39.6 Å². The van der Waals surface area contributed by atoms with Gasteiger partial charge in [-0.15, -0.1) is 0 Å². The maximum Gasteiger partial charge on any atom is 0.173 e. The first kappa shape index (κ1) is 8.98. The maximum atomic E-state index is 8.76. The number of epoxide rings is 1. The Hall–Kier alpha value is -0.590. The van der Waals surface area contributed by atoms with Crippen LogP contribution in [-0.4, -0.2) is 36.7 Å². The molecule has 0 radical (unpaired) electrons. The predicted molar refractivity (Wildman–Crippen MR) is 49.2 cm³/mol. The minimum absolute atomic E-state index is 0.0536. The van der Waals surface area contributed by atoms with Crippen LogP contribution in [0.4, 0.5) is 0 Å². The van der Waals surface area contributed by atoms with E-state index < -0.39 is 0 Å². The lowest BCUT2D eigenvalue weighted by molar-refractivity contribution is 0.147. The van der Waals surface area contributed by atoms with Gasteiger partial charge in [-0.05, 0) is 39.8 Å². The highest BCUT2D eigenvalue weighted by atomic mass is 16.6. The van der Waals surface area contributed by atoms with Crippen LogP contribution < -0.4 is 0 Å². The molecule has 2 fully saturated rings. The Labute approximate surface area is 79.3 Å². The summed E-state index contributed by atoms with van der Waals surface area (Å²) in [6, 6.07) is 2.82. The van der Waals surface area contributed by atoms with Crippen LogP contribution >= 0.6 is 0 Å². The van der Waals surface area contributed by atoms with E-state index in [1.807, 2.05) is 0 Å². The van der Waals surface area contributed by atoms with Crippen LogP contribution in [0.1, 0.15) is 25.7 Å². The van der Waals surface area contributed by atoms with E-state index in [9.17, 15) is 0 Å². The quantitative estimate of drug-likeness (QED) is 0.568. The molecule has 1 aliphatic carbocycles. The molecule has 0 amide bonds. The molecule has 2 rings (SSSR count). The Balaban J connectivity index is 1.99. The van der Waals surface area contributed by atoms with Gasteiger partial charge in [-0.25, -0.2) is 0 Å². The molecule has 0 aromatic heterocycles. The minimum atomic E-state index is -0.116. The third-order valence-electron chi connectivity index (χ3n) is 3.34. The maximum absolute atomic E-state index is 8.76. The molecule has 72 valence electrons. The van der Waals surface area contributed by atoms with Crippen LogP contribution in [0.15, 0.2) is 0 Å². The van der Waals surface area contributed by atoms with Gasteiger partial charge in [0.1, 0.15) is 5.60 Å². The first-order chi connectivity index (χ1) is 6.18. The Morgan fingerprint density at radius 3 is 2.85 bits per heavy atom. The number of rotatable bonds is 1. The Bertz CT molecular complexity index is 246. The standard InChI is InChI=1S/C10H16N2O/c1-12(2)8-4-3-5-10(6-8)9(7-11)13-10/h8-9H,3-6H2,1-2H3. The first-order valence-corrected chi connectivity index (χ1v) is 4.92. The number of nitrogens with zero attached hydrogens (tertiary/aromatic N) is 2. The van der Waals surface area contributed by atoms with Gasteiger partial charge in [0.2, 0.25) is 0 Å². The molecule has 3 heteroatoms. The van der Waals surface area contributed by atoms with Crippen LogP contribution in [0, 0.1) is 11.3 Å². The molecule has 2 aliphatic rings. The van der Waals surface area contributed by atoms with Crippen molar-refractivity contribution in [2.24, 2.45) is 0 Å². The highest BCUT2D eigenvalue weighted by molar-refractivity contribution is 5.16. The van der Waals surface area contributed by atoms with Gasteiger partial charge in [-0.3, -0.25) is 0 Å². The van der Waals surface area contributed by atoms with Gasteiger partial charge in [0, 0.05) is 6.04 Å². The summed E-state index contributed by atoms with van der Waals surface area (Å²) in [6.45, 7) is 0. The van der Waals surface area contributed by atoms with E-state index >= 15 is 0 Å². The first-order valence-electron chi connectivity index (χ1n) is 4.92. The van der Waals surface area contributed by atoms with E-state index in [2.05, 4.69) is 25.1 Å². The van der Waals surface area contributed by atoms with Crippen molar-refractivity contribution in [3.8, 4) is 6.07 Å². The van der Waals surface area contributed by atoms with Crippen molar-refractivity contribution in [2.45, 2.75) is 43.4 Å². The summed E-state index contributed by atoms with van der Waals surface area (Å²) in [5, 5.41) is 8.76. The summed E-state index contributed by atoms with van der Waals surface area (Å²) < 4.78 is 5.49. The van der Waals surface area contributed by atoms with Crippen molar-refractivity contribution in [2.75, 3.05) is 14.1 Å². The van der Waals surface area contributed by atoms with Crippen molar-refractivity contribution >= 4 is 0 Å². The summed E-state index contributed by atoms with van der Waals surface area (Å²) in [5.74, 6) is 0. The van der Waals surface area contributed by atoms with E-state index in [-0.39, 0.29) is 11.7 Å². The average molecular weight is 180 g/mol. The molecule has 3 atom stereocenters. The molecule has 0 bridgehead atoms. The highest BCUT2D eigenvalue weighted by Gasteiger charge is 2.58. The zero-order chi connectivity index (χ0) is 9.47. The van der Waals surface area contributed by atoms with Crippen LogP contribution in [0.2, 0.25) is 0 Å². The van der Waals surface area contributed by atoms with Crippen molar-refractivity contribution in [3.05, 3.63) is 0 Å². The Morgan fingerprint density at radius 1 is 1.54 bits per heavy atom. The molecule has 1 saturated heterocycles. The van der Waals surface area contributed by atoms with Crippen molar-refractivity contribution < 1.29 is 4.74 Å². The zero-order valence-electron chi connectivity index (χ0n) is 8.29. The largest absolute Gasteiger partial charge is 0.350 e. The molecule has 1 spiro atoms. The zero-order valence-corrected chi connectivity index (χ0v) is 8.29. The smallest absolute Gasteiger partial charge is 0.173 e.